The molecule has 0 bridgehead atoms. The first-order valence-electron chi connectivity index (χ1n) is 14.6. The average molecular weight is 537 g/mol. The van der Waals surface area contributed by atoms with Crippen LogP contribution >= 0.6 is 0 Å². The number of aromatic nitrogens is 2. The first-order chi connectivity index (χ1) is 20.6. The zero-order valence-electron chi connectivity index (χ0n) is 23.6. The van der Waals surface area contributed by atoms with Crippen LogP contribution in [0.4, 0.5) is 0 Å². The van der Waals surface area contributed by atoms with Gasteiger partial charge in [0.05, 0.1) is 11.0 Å². The van der Waals surface area contributed by atoms with Crippen LogP contribution in [0.15, 0.2) is 134 Å². The molecule has 0 atom stereocenters. The molecule has 0 radical (unpaired) electrons. The van der Waals surface area contributed by atoms with Gasteiger partial charge >= 0.3 is 0 Å². The molecule has 1 aliphatic carbocycles. The second-order valence-corrected chi connectivity index (χ2v) is 12.1. The molecule has 9 rings (SSSR count). The van der Waals surface area contributed by atoms with Crippen molar-refractivity contribution in [2.24, 2.45) is 0 Å². The van der Waals surface area contributed by atoms with Gasteiger partial charge in [-0.15, -0.1) is 0 Å². The van der Waals surface area contributed by atoms with E-state index < -0.39 is 0 Å². The number of fused-ring (bicyclic) bond motifs is 9. The summed E-state index contributed by atoms with van der Waals surface area (Å²) in [7, 11) is 0. The minimum absolute atomic E-state index is 0.0697. The van der Waals surface area contributed by atoms with Gasteiger partial charge in [-0.3, -0.25) is 4.98 Å². The van der Waals surface area contributed by atoms with E-state index in [0.29, 0.717) is 0 Å². The van der Waals surface area contributed by atoms with Crippen molar-refractivity contribution in [3.05, 3.63) is 145 Å². The fraction of sp³-hybridized carbons (Fsp3) is 0.0750. The standard InChI is InChI=1S/C40H28N2/c1-40(2)36-16-8-6-14-28(36)34-21-32-30(25-11-10-18-41-24-25)19-26-20-35-29-15-7-9-17-38(29)42(27-12-4-3-5-13-27)39(35)23-31(26)33(32)22-37(34)40/h3-24H,1-2H3. The quantitative estimate of drug-likeness (QED) is 0.201. The van der Waals surface area contributed by atoms with E-state index in [1.807, 2.05) is 18.5 Å². The molecular weight excluding hydrogens is 508 g/mol. The SMILES string of the molecule is CC1(C)c2ccccc2-c2cc3c(-c4cccnc4)cc4cc5c6ccccc6n(-c6ccccc6)c5cc4c3cc21. The number of nitrogens with zero attached hydrogens (tertiary/aromatic N) is 2. The summed E-state index contributed by atoms with van der Waals surface area (Å²) in [6, 6.07) is 44.7. The second kappa shape index (κ2) is 8.41. The predicted molar refractivity (Wildman–Crippen MR) is 177 cm³/mol. The highest BCUT2D eigenvalue weighted by atomic mass is 15.0. The number of para-hydroxylation sites is 2. The minimum atomic E-state index is -0.0697. The zero-order valence-corrected chi connectivity index (χ0v) is 23.6. The highest BCUT2D eigenvalue weighted by molar-refractivity contribution is 6.21. The van der Waals surface area contributed by atoms with Gasteiger partial charge in [-0.05, 0) is 104 Å². The molecule has 8 aromatic rings. The fourth-order valence-electron chi connectivity index (χ4n) is 7.43. The van der Waals surface area contributed by atoms with E-state index in [9.17, 15) is 0 Å². The Balaban J connectivity index is 1.47. The van der Waals surface area contributed by atoms with Gasteiger partial charge in [0, 0.05) is 39.8 Å². The average Bonchev–Trinajstić information content (AvgIpc) is 3.48. The van der Waals surface area contributed by atoms with Gasteiger partial charge in [0.25, 0.3) is 0 Å². The normalized spacial score (nSPS) is 13.7. The lowest BCUT2D eigenvalue weighted by Crippen LogP contribution is -2.14. The van der Waals surface area contributed by atoms with Crippen LogP contribution in [0.5, 0.6) is 0 Å². The number of rotatable bonds is 2. The van der Waals surface area contributed by atoms with Crippen molar-refractivity contribution in [2.75, 3.05) is 0 Å². The van der Waals surface area contributed by atoms with Gasteiger partial charge in [0.2, 0.25) is 0 Å². The first-order valence-corrected chi connectivity index (χ1v) is 14.6. The Labute approximate surface area is 244 Å². The van der Waals surface area contributed by atoms with E-state index in [1.54, 1.807) is 0 Å². The number of pyridine rings is 1. The van der Waals surface area contributed by atoms with Gasteiger partial charge in [-0.2, -0.15) is 0 Å². The third-order valence-electron chi connectivity index (χ3n) is 9.43. The number of hydrogen-bond acceptors (Lipinski definition) is 1. The van der Waals surface area contributed by atoms with Gasteiger partial charge in [-0.25, -0.2) is 0 Å². The maximum atomic E-state index is 4.50. The first kappa shape index (κ1) is 23.5. The van der Waals surface area contributed by atoms with E-state index in [-0.39, 0.29) is 5.41 Å². The van der Waals surface area contributed by atoms with Gasteiger partial charge in [0.1, 0.15) is 0 Å². The summed E-state index contributed by atoms with van der Waals surface area (Å²) in [4.78, 5) is 4.50. The zero-order chi connectivity index (χ0) is 28.0. The highest BCUT2D eigenvalue weighted by Gasteiger charge is 2.35. The Morgan fingerprint density at radius 1 is 0.524 bits per heavy atom. The molecule has 6 aromatic carbocycles. The van der Waals surface area contributed by atoms with E-state index in [2.05, 4.69) is 139 Å². The molecular formula is C40H28N2. The largest absolute Gasteiger partial charge is 0.309 e. The van der Waals surface area contributed by atoms with Crippen LogP contribution in [0.25, 0.3) is 71.3 Å². The Kier molecular flexibility index (Phi) is 4.70. The van der Waals surface area contributed by atoms with Crippen molar-refractivity contribution < 1.29 is 0 Å². The van der Waals surface area contributed by atoms with Crippen molar-refractivity contribution in [2.45, 2.75) is 19.3 Å². The maximum absolute atomic E-state index is 4.50. The Morgan fingerprint density at radius 3 is 2.19 bits per heavy atom. The molecule has 0 amide bonds. The van der Waals surface area contributed by atoms with Crippen molar-refractivity contribution in [1.82, 2.24) is 9.55 Å². The molecule has 2 heterocycles. The van der Waals surface area contributed by atoms with E-state index in [0.717, 1.165) is 5.56 Å². The van der Waals surface area contributed by atoms with Gasteiger partial charge in [0.15, 0.2) is 0 Å². The molecule has 0 fully saturated rings. The highest BCUT2D eigenvalue weighted by Crippen LogP contribution is 2.51. The molecule has 2 nitrogen and oxygen atoms in total. The molecule has 0 saturated carbocycles. The Hall–Kier alpha value is -5.21. The van der Waals surface area contributed by atoms with Crippen LogP contribution < -0.4 is 0 Å². The summed E-state index contributed by atoms with van der Waals surface area (Å²) in [5, 5.41) is 7.62. The van der Waals surface area contributed by atoms with E-state index >= 15 is 0 Å². The van der Waals surface area contributed by atoms with E-state index in [4.69, 9.17) is 0 Å². The van der Waals surface area contributed by atoms with Crippen molar-refractivity contribution in [1.29, 1.82) is 0 Å². The summed E-state index contributed by atoms with van der Waals surface area (Å²) < 4.78 is 2.41. The summed E-state index contributed by atoms with van der Waals surface area (Å²) >= 11 is 0. The van der Waals surface area contributed by atoms with Gasteiger partial charge in [-0.1, -0.05) is 80.6 Å². The van der Waals surface area contributed by atoms with Crippen molar-refractivity contribution >= 4 is 43.4 Å². The molecule has 198 valence electrons. The fourth-order valence-corrected chi connectivity index (χ4v) is 7.43. The lowest BCUT2D eigenvalue weighted by molar-refractivity contribution is 0.661. The number of benzene rings is 6. The monoisotopic (exact) mass is 536 g/mol. The molecule has 0 saturated heterocycles. The smallest absolute Gasteiger partial charge is 0.0547 e. The molecule has 2 aromatic heterocycles. The molecule has 0 unspecified atom stereocenters. The van der Waals surface area contributed by atoms with Crippen LogP contribution in [0.2, 0.25) is 0 Å². The predicted octanol–water partition coefficient (Wildman–Crippen LogP) is 10.5. The van der Waals surface area contributed by atoms with E-state index in [1.165, 1.54) is 76.9 Å². The third kappa shape index (κ3) is 3.12. The van der Waals surface area contributed by atoms with Crippen molar-refractivity contribution in [3.63, 3.8) is 0 Å². The van der Waals surface area contributed by atoms with Crippen molar-refractivity contribution in [3.8, 4) is 27.9 Å². The lowest BCUT2D eigenvalue weighted by atomic mass is 9.81. The summed E-state index contributed by atoms with van der Waals surface area (Å²) in [5.41, 5.74) is 11.4. The third-order valence-corrected chi connectivity index (χ3v) is 9.43. The van der Waals surface area contributed by atoms with Gasteiger partial charge < -0.3 is 4.57 Å². The summed E-state index contributed by atoms with van der Waals surface area (Å²) in [6.45, 7) is 4.73. The molecule has 2 heteroatoms. The second-order valence-electron chi connectivity index (χ2n) is 12.1. The lowest BCUT2D eigenvalue weighted by Gasteiger charge is -2.22. The Morgan fingerprint density at radius 2 is 1.33 bits per heavy atom. The molecule has 0 aliphatic heterocycles. The maximum Gasteiger partial charge on any atom is 0.0547 e. The minimum Gasteiger partial charge on any atom is -0.309 e. The van der Waals surface area contributed by atoms with Crippen LogP contribution in [0, 0.1) is 0 Å². The number of hydrogen-bond donors (Lipinski definition) is 0. The molecule has 42 heavy (non-hydrogen) atoms. The topological polar surface area (TPSA) is 17.8 Å². The summed E-state index contributed by atoms with van der Waals surface area (Å²) in [5.74, 6) is 0. The van der Waals surface area contributed by atoms with Crippen LogP contribution in [-0.2, 0) is 5.41 Å². The van der Waals surface area contributed by atoms with Crippen LogP contribution in [-0.4, -0.2) is 9.55 Å². The molecule has 0 N–H and O–H groups in total. The molecule has 1 aliphatic rings. The summed E-state index contributed by atoms with van der Waals surface area (Å²) in [6.07, 6.45) is 3.84. The Bertz CT molecular complexity index is 2360. The van der Waals surface area contributed by atoms with Crippen LogP contribution in [0.1, 0.15) is 25.0 Å². The molecule has 0 spiro atoms. The van der Waals surface area contributed by atoms with Crippen LogP contribution in [0.3, 0.4) is 0 Å².